The molecule has 1 saturated heterocycles. The van der Waals surface area contributed by atoms with Gasteiger partial charge in [0.25, 0.3) is 0 Å². The number of carbonyl (C=O) groups excluding carboxylic acids is 1. The normalized spacial score (nSPS) is 19.2. The second kappa shape index (κ2) is 9.35. The zero-order chi connectivity index (χ0) is 21.7. The van der Waals surface area contributed by atoms with Crippen LogP contribution in [-0.4, -0.2) is 40.9 Å². The third-order valence-electron chi connectivity index (χ3n) is 6.08. The van der Waals surface area contributed by atoms with Gasteiger partial charge >= 0.3 is 0 Å². The van der Waals surface area contributed by atoms with Crippen molar-refractivity contribution in [1.29, 1.82) is 0 Å². The molecule has 0 aliphatic carbocycles. The lowest BCUT2D eigenvalue weighted by atomic mass is 9.73. The number of nitrogens with one attached hydrogen (secondary N) is 1. The summed E-state index contributed by atoms with van der Waals surface area (Å²) in [6, 6.07) is 14.8. The fraction of sp³-hybridized carbons (Fsp3) is 0.320. The summed E-state index contributed by atoms with van der Waals surface area (Å²) in [7, 11) is 1.70. The minimum Gasteiger partial charge on any atom is -0.359 e. The van der Waals surface area contributed by atoms with Crippen molar-refractivity contribution in [1.82, 2.24) is 20.2 Å². The van der Waals surface area contributed by atoms with Crippen LogP contribution in [0.15, 0.2) is 67.3 Å². The molecular formula is C25H27FN4O. The number of rotatable bonds is 6. The molecular weight excluding hydrogens is 391 g/mol. The monoisotopic (exact) mass is 418 g/mol. The number of benzene rings is 2. The topological polar surface area (TPSA) is 58.1 Å². The van der Waals surface area contributed by atoms with Crippen molar-refractivity contribution in [2.45, 2.75) is 25.8 Å². The summed E-state index contributed by atoms with van der Waals surface area (Å²) in [6.07, 6.45) is 7.47. The van der Waals surface area contributed by atoms with Gasteiger partial charge in [-0.15, -0.1) is 0 Å². The number of likely N-dealkylation sites (tertiary alicyclic amines) is 1. The summed E-state index contributed by atoms with van der Waals surface area (Å²) in [5.41, 5.74) is 3.47. The Bertz CT molecular complexity index is 1040. The maximum absolute atomic E-state index is 13.7. The van der Waals surface area contributed by atoms with E-state index < -0.39 is 5.41 Å². The largest absolute Gasteiger partial charge is 0.359 e. The van der Waals surface area contributed by atoms with Crippen molar-refractivity contribution in [3.8, 4) is 11.1 Å². The molecule has 0 spiro atoms. The Morgan fingerprint density at radius 3 is 2.74 bits per heavy atom. The van der Waals surface area contributed by atoms with Crippen molar-refractivity contribution in [3.05, 3.63) is 84.2 Å². The van der Waals surface area contributed by atoms with Crippen molar-refractivity contribution < 1.29 is 9.18 Å². The summed E-state index contributed by atoms with van der Waals surface area (Å²) < 4.78 is 13.7. The van der Waals surface area contributed by atoms with E-state index in [1.807, 2.05) is 18.2 Å². The first-order chi connectivity index (χ1) is 15.1. The predicted molar refractivity (Wildman–Crippen MR) is 119 cm³/mol. The van der Waals surface area contributed by atoms with Crippen molar-refractivity contribution >= 4 is 5.91 Å². The number of nitrogens with zero attached hydrogens (tertiary/aromatic N) is 3. The van der Waals surface area contributed by atoms with Crippen LogP contribution in [0, 0.1) is 11.2 Å². The van der Waals surface area contributed by atoms with Crippen molar-refractivity contribution in [2.24, 2.45) is 5.41 Å². The van der Waals surface area contributed by atoms with E-state index in [-0.39, 0.29) is 11.7 Å². The Balaban J connectivity index is 1.63. The summed E-state index contributed by atoms with van der Waals surface area (Å²) in [5.74, 6) is -0.179. The highest BCUT2D eigenvalue weighted by Crippen LogP contribution is 2.37. The molecule has 1 atom stereocenters. The summed E-state index contributed by atoms with van der Waals surface area (Å²) in [5, 5.41) is 2.90. The van der Waals surface area contributed by atoms with Crippen molar-refractivity contribution in [3.63, 3.8) is 0 Å². The van der Waals surface area contributed by atoms with Gasteiger partial charge in [-0.3, -0.25) is 9.69 Å². The molecule has 1 fully saturated rings. The van der Waals surface area contributed by atoms with E-state index in [1.54, 1.807) is 31.6 Å². The minimum absolute atomic E-state index is 0.0514. The summed E-state index contributed by atoms with van der Waals surface area (Å²) in [4.78, 5) is 23.7. The first-order valence-electron chi connectivity index (χ1n) is 10.6. The van der Waals surface area contributed by atoms with Gasteiger partial charge in [0.2, 0.25) is 5.91 Å². The average molecular weight is 419 g/mol. The van der Waals surface area contributed by atoms with Crippen LogP contribution in [-0.2, 0) is 17.8 Å². The minimum atomic E-state index is -0.550. The van der Waals surface area contributed by atoms with Gasteiger partial charge in [0.15, 0.2) is 0 Å². The van der Waals surface area contributed by atoms with E-state index in [1.165, 1.54) is 12.4 Å². The lowest BCUT2D eigenvalue weighted by Crippen LogP contribution is -2.52. The molecule has 5 nitrogen and oxygen atoms in total. The average Bonchev–Trinajstić information content (AvgIpc) is 2.80. The number of aromatic nitrogens is 2. The predicted octanol–water partition coefficient (Wildman–Crippen LogP) is 3.85. The van der Waals surface area contributed by atoms with Gasteiger partial charge in [-0.2, -0.15) is 0 Å². The molecule has 1 aliphatic heterocycles. The molecule has 2 heterocycles. The van der Waals surface area contributed by atoms with Crippen LogP contribution in [0.1, 0.15) is 24.0 Å². The Morgan fingerprint density at radius 1 is 1.16 bits per heavy atom. The first kappa shape index (κ1) is 21.1. The Hall–Kier alpha value is -3.12. The van der Waals surface area contributed by atoms with Crippen LogP contribution in [0.25, 0.3) is 11.1 Å². The van der Waals surface area contributed by atoms with E-state index in [2.05, 4.69) is 32.3 Å². The standard InChI is InChI=1S/C25H27FN4O/c1-27-24(31)25(10-5-11-30(17-25)16-19-6-4-8-22(26)12-19)13-20-7-2-3-9-23(20)21-14-28-18-29-15-21/h2-4,6-9,12,14-15,18H,5,10-11,13,16-17H2,1H3,(H,27,31). The lowest BCUT2D eigenvalue weighted by molar-refractivity contribution is -0.134. The Labute approximate surface area is 182 Å². The number of hydrogen-bond donors (Lipinski definition) is 1. The molecule has 4 rings (SSSR count). The van der Waals surface area contributed by atoms with Gasteiger partial charge in [0.05, 0.1) is 5.41 Å². The Kier molecular flexibility index (Phi) is 6.37. The van der Waals surface area contributed by atoms with E-state index >= 15 is 0 Å². The molecule has 1 aromatic heterocycles. The lowest BCUT2D eigenvalue weighted by Gasteiger charge is -2.42. The van der Waals surface area contributed by atoms with E-state index in [0.717, 1.165) is 41.6 Å². The zero-order valence-electron chi connectivity index (χ0n) is 17.7. The van der Waals surface area contributed by atoms with E-state index in [9.17, 15) is 9.18 Å². The highest BCUT2D eigenvalue weighted by atomic mass is 19.1. The fourth-order valence-corrected chi connectivity index (χ4v) is 4.69. The first-order valence-corrected chi connectivity index (χ1v) is 10.6. The van der Waals surface area contributed by atoms with Gasteiger partial charge in [-0.25, -0.2) is 14.4 Å². The molecule has 1 aliphatic rings. The molecule has 1 N–H and O–H groups in total. The molecule has 0 radical (unpaired) electrons. The molecule has 2 aromatic carbocycles. The molecule has 3 aromatic rings. The summed E-state index contributed by atoms with van der Waals surface area (Å²) >= 11 is 0. The second-order valence-corrected chi connectivity index (χ2v) is 8.26. The van der Waals surface area contributed by atoms with Crippen molar-refractivity contribution in [2.75, 3.05) is 20.1 Å². The highest BCUT2D eigenvalue weighted by Gasteiger charge is 2.42. The molecule has 160 valence electrons. The van der Waals surface area contributed by atoms with Crippen LogP contribution in [0.3, 0.4) is 0 Å². The maximum atomic E-state index is 13.7. The highest BCUT2D eigenvalue weighted by molar-refractivity contribution is 5.83. The number of amides is 1. The van der Waals surface area contributed by atoms with Gasteiger partial charge in [0.1, 0.15) is 12.1 Å². The quantitative estimate of drug-likeness (QED) is 0.661. The van der Waals surface area contributed by atoms with Gasteiger partial charge < -0.3 is 5.32 Å². The van der Waals surface area contributed by atoms with Crippen LogP contribution in [0.5, 0.6) is 0 Å². The van der Waals surface area contributed by atoms with Crippen LogP contribution in [0.2, 0.25) is 0 Å². The SMILES string of the molecule is CNC(=O)C1(Cc2ccccc2-c2cncnc2)CCCN(Cc2cccc(F)c2)C1. The third-order valence-corrected chi connectivity index (χ3v) is 6.08. The van der Waals surface area contributed by atoms with E-state index in [0.29, 0.717) is 19.5 Å². The Morgan fingerprint density at radius 2 is 1.97 bits per heavy atom. The van der Waals surface area contributed by atoms with Gasteiger partial charge in [-0.1, -0.05) is 36.4 Å². The molecule has 1 amide bonds. The smallest absolute Gasteiger partial charge is 0.227 e. The third kappa shape index (κ3) is 4.80. The molecule has 0 bridgehead atoms. The fourth-order valence-electron chi connectivity index (χ4n) is 4.69. The molecule has 1 unspecified atom stereocenters. The van der Waals surface area contributed by atoms with E-state index in [4.69, 9.17) is 0 Å². The van der Waals surface area contributed by atoms with Crippen LogP contribution in [0.4, 0.5) is 4.39 Å². The number of carbonyl (C=O) groups is 1. The molecule has 31 heavy (non-hydrogen) atoms. The number of piperidine rings is 1. The van der Waals surface area contributed by atoms with Gasteiger partial charge in [0, 0.05) is 38.1 Å². The summed E-state index contributed by atoms with van der Waals surface area (Å²) in [6.45, 7) is 2.15. The van der Waals surface area contributed by atoms with Crippen LogP contribution >= 0.6 is 0 Å². The molecule has 0 saturated carbocycles. The van der Waals surface area contributed by atoms with Crippen LogP contribution < -0.4 is 5.32 Å². The zero-order valence-corrected chi connectivity index (χ0v) is 17.7. The number of hydrogen-bond acceptors (Lipinski definition) is 4. The maximum Gasteiger partial charge on any atom is 0.227 e. The molecule has 6 heteroatoms. The number of halogens is 1. The second-order valence-electron chi connectivity index (χ2n) is 8.26. The van der Waals surface area contributed by atoms with Gasteiger partial charge in [-0.05, 0) is 54.6 Å².